The van der Waals surface area contributed by atoms with Gasteiger partial charge in [-0.1, -0.05) is 0 Å². The van der Waals surface area contributed by atoms with Crippen molar-refractivity contribution in [3.63, 3.8) is 0 Å². The van der Waals surface area contributed by atoms with Crippen LogP contribution in [0.1, 0.15) is 11.3 Å². The number of aryl methyl sites for hydroxylation is 1. The van der Waals surface area contributed by atoms with Crippen LogP contribution in [0.4, 0.5) is 0 Å². The third-order valence-corrected chi connectivity index (χ3v) is 3.66. The highest BCUT2D eigenvalue weighted by Crippen LogP contribution is 2.14. The Bertz CT molecular complexity index is 930. The standard InChI is InChI=1S/C15H15N3O3/c1-8-9(2)16-14-12(13(8)19)15(20)18(17-14)10-4-6-11(21-3)7-5-10/h4-7H,1-3H3,(H2,16,17,19). The predicted octanol–water partition coefficient (Wildman–Crippen LogP) is 1.63. The van der Waals surface area contributed by atoms with Gasteiger partial charge < -0.3 is 9.72 Å². The molecule has 0 amide bonds. The molecule has 6 nitrogen and oxygen atoms in total. The number of hydrogen-bond acceptors (Lipinski definition) is 3. The van der Waals surface area contributed by atoms with Crippen LogP contribution in [0, 0.1) is 13.8 Å². The summed E-state index contributed by atoms with van der Waals surface area (Å²) in [5.41, 5.74) is 1.77. The third kappa shape index (κ3) is 1.96. The van der Waals surface area contributed by atoms with Crippen LogP contribution in [0.15, 0.2) is 33.9 Å². The van der Waals surface area contributed by atoms with Crippen LogP contribution in [-0.2, 0) is 0 Å². The monoisotopic (exact) mass is 285 g/mol. The fourth-order valence-electron chi connectivity index (χ4n) is 2.29. The van der Waals surface area contributed by atoms with Crippen molar-refractivity contribution >= 4 is 11.0 Å². The summed E-state index contributed by atoms with van der Waals surface area (Å²) < 4.78 is 6.44. The first kappa shape index (κ1) is 13.2. The number of rotatable bonds is 2. The van der Waals surface area contributed by atoms with Gasteiger partial charge in [0.25, 0.3) is 5.56 Å². The SMILES string of the molecule is COc1ccc(-n2[nH]c3[nH]c(C)c(C)c(=O)c3c2=O)cc1. The number of ether oxygens (including phenoxy) is 1. The maximum absolute atomic E-state index is 12.4. The largest absolute Gasteiger partial charge is 0.497 e. The Morgan fingerprint density at radius 1 is 1.10 bits per heavy atom. The number of nitrogens with one attached hydrogen (secondary N) is 2. The van der Waals surface area contributed by atoms with Crippen LogP contribution < -0.4 is 15.7 Å². The molecule has 0 saturated carbocycles. The Hall–Kier alpha value is -2.76. The summed E-state index contributed by atoms with van der Waals surface area (Å²) >= 11 is 0. The number of methoxy groups -OCH3 is 1. The summed E-state index contributed by atoms with van der Waals surface area (Å²) in [5, 5.41) is 3.08. The Balaban J connectivity index is 2.29. The van der Waals surface area contributed by atoms with Gasteiger partial charge in [0.15, 0.2) is 5.43 Å². The molecule has 1 aromatic carbocycles. The van der Waals surface area contributed by atoms with Gasteiger partial charge in [0.2, 0.25) is 0 Å². The van der Waals surface area contributed by atoms with E-state index in [0.717, 1.165) is 5.69 Å². The maximum atomic E-state index is 12.4. The van der Waals surface area contributed by atoms with Crippen LogP contribution in [0.25, 0.3) is 16.7 Å². The third-order valence-electron chi connectivity index (χ3n) is 3.66. The summed E-state index contributed by atoms with van der Waals surface area (Å²) in [6.45, 7) is 3.51. The molecule has 6 heteroatoms. The first-order valence-corrected chi connectivity index (χ1v) is 6.51. The van der Waals surface area contributed by atoms with Crippen molar-refractivity contribution in [2.45, 2.75) is 13.8 Å². The quantitative estimate of drug-likeness (QED) is 0.751. The normalized spacial score (nSPS) is 11.0. The number of hydrogen-bond donors (Lipinski definition) is 2. The Labute approximate surface area is 120 Å². The second-order valence-electron chi connectivity index (χ2n) is 4.90. The van der Waals surface area contributed by atoms with E-state index in [0.29, 0.717) is 22.6 Å². The molecule has 108 valence electrons. The molecule has 0 atom stereocenters. The van der Waals surface area contributed by atoms with E-state index in [1.54, 1.807) is 45.2 Å². The summed E-state index contributed by atoms with van der Waals surface area (Å²) in [6, 6.07) is 7.01. The second kappa shape index (κ2) is 4.66. The van der Waals surface area contributed by atoms with Crippen molar-refractivity contribution in [1.29, 1.82) is 0 Å². The van der Waals surface area contributed by atoms with Gasteiger partial charge in [0, 0.05) is 11.3 Å². The lowest BCUT2D eigenvalue weighted by Gasteiger charge is -2.03. The van der Waals surface area contributed by atoms with Gasteiger partial charge in [-0.05, 0) is 38.1 Å². The summed E-state index contributed by atoms with van der Waals surface area (Å²) in [5.74, 6) is 0.700. The summed E-state index contributed by atoms with van der Waals surface area (Å²) in [4.78, 5) is 27.7. The highest BCUT2D eigenvalue weighted by molar-refractivity contribution is 5.75. The first-order valence-electron chi connectivity index (χ1n) is 6.51. The van der Waals surface area contributed by atoms with Crippen LogP contribution in [0.3, 0.4) is 0 Å². The minimum atomic E-state index is -0.362. The van der Waals surface area contributed by atoms with Crippen molar-refractivity contribution < 1.29 is 4.74 Å². The number of benzene rings is 1. The zero-order chi connectivity index (χ0) is 15.1. The lowest BCUT2D eigenvalue weighted by atomic mass is 10.2. The number of aromatic amines is 2. The van der Waals surface area contributed by atoms with Gasteiger partial charge in [0.1, 0.15) is 16.8 Å². The van der Waals surface area contributed by atoms with Gasteiger partial charge in [-0.15, -0.1) is 0 Å². The van der Waals surface area contributed by atoms with Gasteiger partial charge in [-0.25, -0.2) is 4.68 Å². The molecule has 0 radical (unpaired) electrons. The van der Waals surface area contributed by atoms with Crippen LogP contribution in [0.2, 0.25) is 0 Å². The number of fused-ring (bicyclic) bond motifs is 1. The van der Waals surface area contributed by atoms with Crippen molar-refractivity contribution in [3.8, 4) is 11.4 Å². The zero-order valence-electron chi connectivity index (χ0n) is 12.0. The van der Waals surface area contributed by atoms with Crippen molar-refractivity contribution in [2.24, 2.45) is 0 Å². The molecule has 2 heterocycles. The Kier molecular flexibility index (Phi) is 2.94. The molecule has 0 unspecified atom stereocenters. The van der Waals surface area contributed by atoms with E-state index in [2.05, 4.69) is 10.1 Å². The molecule has 0 aliphatic heterocycles. The predicted molar refractivity (Wildman–Crippen MR) is 80.5 cm³/mol. The van der Waals surface area contributed by atoms with Crippen molar-refractivity contribution in [3.05, 3.63) is 56.1 Å². The Morgan fingerprint density at radius 2 is 1.76 bits per heavy atom. The molecule has 2 aromatic heterocycles. The molecule has 0 saturated heterocycles. The lowest BCUT2D eigenvalue weighted by molar-refractivity contribution is 0.414. The van der Waals surface area contributed by atoms with Gasteiger partial charge in [0.05, 0.1) is 12.8 Å². The maximum Gasteiger partial charge on any atom is 0.284 e. The fourth-order valence-corrected chi connectivity index (χ4v) is 2.29. The topological polar surface area (TPSA) is 79.9 Å². The molecular weight excluding hydrogens is 270 g/mol. The molecule has 0 bridgehead atoms. The first-order chi connectivity index (χ1) is 10.0. The van der Waals surface area contributed by atoms with E-state index in [1.807, 2.05) is 0 Å². The number of pyridine rings is 1. The molecule has 3 aromatic rings. The van der Waals surface area contributed by atoms with E-state index in [9.17, 15) is 9.59 Å². The second-order valence-corrected chi connectivity index (χ2v) is 4.90. The van der Waals surface area contributed by atoms with E-state index < -0.39 is 0 Å². The van der Waals surface area contributed by atoms with E-state index in [4.69, 9.17) is 4.74 Å². The molecule has 21 heavy (non-hydrogen) atoms. The number of nitrogens with zero attached hydrogens (tertiary/aromatic N) is 1. The van der Waals surface area contributed by atoms with Crippen LogP contribution in [0.5, 0.6) is 5.75 Å². The smallest absolute Gasteiger partial charge is 0.284 e. The number of H-pyrrole nitrogens is 2. The number of aromatic nitrogens is 3. The zero-order valence-corrected chi connectivity index (χ0v) is 12.0. The van der Waals surface area contributed by atoms with Gasteiger partial charge >= 0.3 is 0 Å². The minimum absolute atomic E-state index is 0.147. The van der Waals surface area contributed by atoms with Gasteiger partial charge in [-0.3, -0.25) is 14.7 Å². The molecular formula is C15H15N3O3. The van der Waals surface area contributed by atoms with E-state index >= 15 is 0 Å². The van der Waals surface area contributed by atoms with Crippen molar-refractivity contribution in [2.75, 3.05) is 7.11 Å². The molecule has 2 N–H and O–H groups in total. The average molecular weight is 285 g/mol. The highest BCUT2D eigenvalue weighted by atomic mass is 16.5. The van der Waals surface area contributed by atoms with Crippen LogP contribution in [-0.4, -0.2) is 21.9 Å². The fraction of sp³-hybridized carbons (Fsp3) is 0.200. The highest BCUT2D eigenvalue weighted by Gasteiger charge is 2.14. The summed E-state index contributed by atoms with van der Waals surface area (Å²) in [7, 11) is 1.58. The molecule has 0 aliphatic carbocycles. The molecule has 0 spiro atoms. The van der Waals surface area contributed by atoms with E-state index in [1.165, 1.54) is 4.68 Å². The molecule has 0 fully saturated rings. The minimum Gasteiger partial charge on any atom is -0.497 e. The summed E-state index contributed by atoms with van der Waals surface area (Å²) in [6.07, 6.45) is 0. The van der Waals surface area contributed by atoms with E-state index in [-0.39, 0.29) is 16.4 Å². The van der Waals surface area contributed by atoms with Gasteiger partial charge in [-0.2, -0.15) is 0 Å². The average Bonchev–Trinajstić information content (AvgIpc) is 2.82. The van der Waals surface area contributed by atoms with Crippen molar-refractivity contribution in [1.82, 2.24) is 14.8 Å². The Morgan fingerprint density at radius 3 is 2.38 bits per heavy atom. The lowest BCUT2D eigenvalue weighted by Crippen LogP contribution is -2.19. The molecule has 3 rings (SSSR count). The van der Waals surface area contributed by atoms with Crippen LogP contribution >= 0.6 is 0 Å². The molecule has 0 aliphatic rings.